The summed E-state index contributed by atoms with van der Waals surface area (Å²) in [5, 5.41) is 11.7. The van der Waals surface area contributed by atoms with E-state index >= 15 is 0 Å². The van der Waals surface area contributed by atoms with Gasteiger partial charge in [-0.05, 0) is 68.5 Å². The number of hydrogen-bond acceptors (Lipinski definition) is 4. The molecular formula is C24H26N2O4S. The average molecular weight is 439 g/mol. The van der Waals surface area contributed by atoms with Crippen molar-refractivity contribution in [2.24, 2.45) is 0 Å². The molecule has 3 aromatic rings. The molecule has 0 saturated heterocycles. The van der Waals surface area contributed by atoms with Crippen LogP contribution >= 0.6 is 11.3 Å². The molecule has 0 spiro atoms. The van der Waals surface area contributed by atoms with Crippen LogP contribution in [0, 0.1) is 0 Å². The van der Waals surface area contributed by atoms with Crippen LogP contribution in [0.2, 0.25) is 0 Å². The van der Waals surface area contributed by atoms with Gasteiger partial charge in [-0.1, -0.05) is 6.07 Å². The molecule has 1 N–H and O–H groups in total. The van der Waals surface area contributed by atoms with E-state index < -0.39 is 5.97 Å². The zero-order valence-corrected chi connectivity index (χ0v) is 19.1. The van der Waals surface area contributed by atoms with E-state index in [-0.39, 0.29) is 23.1 Å². The van der Waals surface area contributed by atoms with E-state index in [4.69, 9.17) is 4.74 Å². The second-order valence-electron chi connectivity index (χ2n) is 8.76. The summed E-state index contributed by atoms with van der Waals surface area (Å²) in [7, 11) is 3.29. The van der Waals surface area contributed by atoms with Gasteiger partial charge in [-0.2, -0.15) is 0 Å². The Balaban J connectivity index is 1.94. The molecule has 1 unspecified atom stereocenters. The standard InChI is InChI=1S/C24H26N2O4S/c1-24(2,3)25(4)22(27)18-9-8-17-15-13-16(23(28)29)20(30-5)12-14(15)11-19(26(17)18)21-7-6-10-31-21/h6-10,12-13,19H,11H2,1-5H3,(H,28,29). The summed E-state index contributed by atoms with van der Waals surface area (Å²) in [5.41, 5.74) is 3.07. The lowest BCUT2D eigenvalue weighted by atomic mass is 9.91. The van der Waals surface area contributed by atoms with Crippen molar-refractivity contribution < 1.29 is 19.4 Å². The molecule has 0 bridgehead atoms. The summed E-state index contributed by atoms with van der Waals surface area (Å²) < 4.78 is 7.42. The summed E-state index contributed by atoms with van der Waals surface area (Å²) in [5.74, 6) is -0.752. The van der Waals surface area contributed by atoms with Crippen molar-refractivity contribution in [3.63, 3.8) is 0 Å². The van der Waals surface area contributed by atoms with E-state index in [1.807, 2.05) is 57.5 Å². The number of ether oxygens (including phenoxy) is 1. The lowest BCUT2D eigenvalue weighted by Gasteiger charge is -2.34. The minimum atomic E-state index is -1.04. The van der Waals surface area contributed by atoms with Gasteiger partial charge in [-0.25, -0.2) is 4.79 Å². The van der Waals surface area contributed by atoms with Crippen LogP contribution in [-0.2, 0) is 6.42 Å². The predicted octanol–water partition coefficient (Wildman–Crippen LogP) is 4.94. The van der Waals surface area contributed by atoms with E-state index in [1.54, 1.807) is 22.3 Å². The van der Waals surface area contributed by atoms with Gasteiger partial charge in [0.1, 0.15) is 17.0 Å². The molecule has 0 aliphatic carbocycles. The molecule has 0 fully saturated rings. The number of methoxy groups -OCH3 is 1. The van der Waals surface area contributed by atoms with E-state index in [0.29, 0.717) is 17.9 Å². The quantitative estimate of drug-likeness (QED) is 0.626. The molecule has 1 aliphatic heterocycles. The Morgan fingerprint density at radius 3 is 2.55 bits per heavy atom. The molecule has 3 heterocycles. The smallest absolute Gasteiger partial charge is 0.339 e. The molecule has 1 atom stereocenters. The van der Waals surface area contributed by atoms with Crippen LogP contribution in [0.3, 0.4) is 0 Å². The Labute approximate surface area is 185 Å². The molecule has 4 rings (SSSR count). The third-order valence-corrected chi connectivity index (χ3v) is 6.95. The number of carboxylic acid groups (broad SMARTS) is 1. The highest BCUT2D eigenvalue weighted by atomic mass is 32.1. The van der Waals surface area contributed by atoms with Gasteiger partial charge in [0.25, 0.3) is 5.91 Å². The predicted molar refractivity (Wildman–Crippen MR) is 121 cm³/mol. The molecule has 2 aromatic heterocycles. The highest BCUT2D eigenvalue weighted by Gasteiger charge is 2.34. The van der Waals surface area contributed by atoms with Gasteiger partial charge in [-0.3, -0.25) is 4.79 Å². The SMILES string of the molecule is COc1cc2c(cc1C(=O)O)-c1ccc(C(=O)N(C)C(C)(C)C)n1C(c1cccs1)C2. The molecule has 0 radical (unpaired) electrons. The van der Waals surface area contributed by atoms with E-state index in [2.05, 4.69) is 10.6 Å². The van der Waals surface area contributed by atoms with Crippen LogP contribution in [-0.4, -0.2) is 46.1 Å². The topological polar surface area (TPSA) is 71.8 Å². The van der Waals surface area contributed by atoms with Crippen molar-refractivity contribution >= 4 is 23.2 Å². The number of carbonyl (C=O) groups excluding carboxylic acids is 1. The lowest BCUT2D eigenvalue weighted by Crippen LogP contribution is -2.43. The minimum absolute atomic E-state index is 0.0507. The van der Waals surface area contributed by atoms with Gasteiger partial charge in [0.05, 0.1) is 13.2 Å². The fourth-order valence-electron chi connectivity index (χ4n) is 4.03. The number of hydrogen-bond donors (Lipinski definition) is 1. The number of fused-ring (bicyclic) bond motifs is 3. The number of carboxylic acids is 1. The average Bonchev–Trinajstić information content (AvgIpc) is 3.40. The fraction of sp³-hybridized carbons (Fsp3) is 0.333. The van der Waals surface area contributed by atoms with E-state index in [1.165, 1.54) is 7.11 Å². The molecule has 1 aromatic carbocycles. The maximum Gasteiger partial charge on any atom is 0.339 e. The van der Waals surface area contributed by atoms with Crippen LogP contribution in [0.15, 0.2) is 41.8 Å². The molecule has 31 heavy (non-hydrogen) atoms. The van der Waals surface area contributed by atoms with Gasteiger partial charge in [0, 0.05) is 28.7 Å². The molecule has 1 aliphatic rings. The third-order valence-electron chi connectivity index (χ3n) is 5.98. The van der Waals surface area contributed by atoms with Crippen molar-refractivity contribution in [1.82, 2.24) is 9.47 Å². The molecule has 0 saturated carbocycles. The maximum absolute atomic E-state index is 13.4. The molecular weight excluding hydrogens is 412 g/mol. The maximum atomic E-state index is 13.4. The molecule has 7 heteroatoms. The highest BCUT2D eigenvalue weighted by molar-refractivity contribution is 7.10. The van der Waals surface area contributed by atoms with Crippen LogP contribution in [0.5, 0.6) is 5.75 Å². The van der Waals surface area contributed by atoms with E-state index in [0.717, 1.165) is 21.7 Å². The summed E-state index contributed by atoms with van der Waals surface area (Å²) in [6.45, 7) is 6.01. The second-order valence-corrected chi connectivity index (χ2v) is 9.74. The number of carbonyl (C=O) groups is 2. The summed E-state index contributed by atoms with van der Waals surface area (Å²) in [6, 6.07) is 11.3. The third kappa shape index (κ3) is 3.53. The van der Waals surface area contributed by atoms with Crippen LogP contribution in [0.1, 0.15) is 58.1 Å². The molecule has 6 nitrogen and oxygen atoms in total. The monoisotopic (exact) mass is 438 g/mol. The number of aromatic carboxylic acids is 1. The first-order chi connectivity index (χ1) is 14.6. The summed E-state index contributed by atoms with van der Waals surface area (Å²) >= 11 is 1.65. The first-order valence-corrected chi connectivity index (χ1v) is 11.0. The number of rotatable bonds is 4. The Hall–Kier alpha value is -3.06. The van der Waals surface area contributed by atoms with Crippen molar-refractivity contribution in [3.8, 4) is 17.0 Å². The van der Waals surface area contributed by atoms with E-state index in [9.17, 15) is 14.7 Å². The number of thiophene rings is 1. The Morgan fingerprint density at radius 2 is 1.97 bits per heavy atom. The normalized spacial score (nSPS) is 15.2. The highest BCUT2D eigenvalue weighted by Crippen LogP contribution is 2.43. The Kier molecular flexibility index (Phi) is 5.17. The van der Waals surface area contributed by atoms with Gasteiger partial charge < -0.3 is 19.3 Å². The number of amides is 1. The van der Waals surface area contributed by atoms with Gasteiger partial charge in [0.2, 0.25) is 0 Å². The van der Waals surface area contributed by atoms with Crippen LogP contribution in [0.25, 0.3) is 11.3 Å². The zero-order valence-electron chi connectivity index (χ0n) is 18.3. The van der Waals surface area contributed by atoms with Crippen molar-refractivity contribution in [3.05, 3.63) is 63.5 Å². The first kappa shape index (κ1) is 21.2. The van der Waals surface area contributed by atoms with Crippen molar-refractivity contribution in [2.45, 2.75) is 38.8 Å². The van der Waals surface area contributed by atoms with Crippen LogP contribution < -0.4 is 4.74 Å². The molecule has 1 amide bonds. The number of nitrogens with zero attached hydrogens (tertiary/aromatic N) is 2. The first-order valence-electron chi connectivity index (χ1n) is 10.1. The summed E-state index contributed by atoms with van der Waals surface area (Å²) in [4.78, 5) is 28.1. The Bertz CT molecular complexity index is 1160. The number of benzene rings is 1. The molecule has 162 valence electrons. The van der Waals surface area contributed by atoms with Crippen LogP contribution in [0.4, 0.5) is 0 Å². The minimum Gasteiger partial charge on any atom is -0.496 e. The summed E-state index contributed by atoms with van der Waals surface area (Å²) in [6.07, 6.45) is 0.646. The van der Waals surface area contributed by atoms with Gasteiger partial charge >= 0.3 is 5.97 Å². The second kappa shape index (κ2) is 7.57. The fourth-order valence-corrected chi connectivity index (χ4v) is 4.85. The van der Waals surface area contributed by atoms with Gasteiger partial charge in [0.15, 0.2) is 0 Å². The zero-order chi connectivity index (χ0) is 22.5. The lowest BCUT2D eigenvalue weighted by molar-refractivity contribution is 0.0641. The largest absolute Gasteiger partial charge is 0.496 e. The van der Waals surface area contributed by atoms with Crippen molar-refractivity contribution in [2.75, 3.05) is 14.2 Å². The Morgan fingerprint density at radius 1 is 1.23 bits per heavy atom. The number of aromatic nitrogens is 1. The van der Waals surface area contributed by atoms with Gasteiger partial charge in [-0.15, -0.1) is 11.3 Å². The van der Waals surface area contributed by atoms with Crippen molar-refractivity contribution in [1.29, 1.82) is 0 Å².